The van der Waals surface area contributed by atoms with E-state index >= 15 is 0 Å². The highest BCUT2D eigenvalue weighted by molar-refractivity contribution is 7.89. The number of amides is 2. The van der Waals surface area contributed by atoms with Gasteiger partial charge in [-0.2, -0.15) is 4.31 Å². The monoisotopic (exact) mass is 385 g/mol. The second kappa shape index (κ2) is 7.31. The van der Waals surface area contributed by atoms with Gasteiger partial charge in [-0.3, -0.25) is 9.59 Å². The summed E-state index contributed by atoms with van der Waals surface area (Å²) in [4.78, 5) is 25.5. The Hall–Kier alpha value is -1.64. The molecule has 2 aliphatic rings. The molecule has 25 heavy (non-hydrogen) atoms. The van der Waals surface area contributed by atoms with Crippen LogP contribution >= 0.6 is 11.6 Å². The van der Waals surface area contributed by atoms with E-state index in [0.717, 1.165) is 0 Å². The van der Waals surface area contributed by atoms with Gasteiger partial charge < -0.3 is 10.2 Å². The molecule has 0 bridgehead atoms. The Balaban J connectivity index is 1.70. The normalized spacial score (nSPS) is 22.5. The van der Waals surface area contributed by atoms with Crippen molar-refractivity contribution in [1.82, 2.24) is 14.5 Å². The lowest BCUT2D eigenvalue weighted by atomic mass is 10.2. The van der Waals surface area contributed by atoms with Crippen molar-refractivity contribution in [3.63, 3.8) is 0 Å². The summed E-state index contributed by atoms with van der Waals surface area (Å²) in [6, 6.07) is 5.86. The van der Waals surface area contributed by atoms with Gasteiger partial charge in [-0.15, -0.1) is 0 Å². The van der Waals surface area contributed by atoms with E-state index < -0.39 is 16.1 Å². The van der Waals surface area contributed by atoms with Crippen LogP contribution in [0.25, 0.3) is 0 Å². The third kappa shape index (κ3) is 3.80. The smallest absolute Gasteiger partial charge is 0.245 e. The third-order valence-corrected chi connectivity index (χ3v) is 6.91. The molecule has 0 spiro atoms. The second-order valence-electron chi connectivity index (χ2n) is 6.17. The van der Waals surface area contributed by atoms with E-state index in [1.54, 1.807) is 23.1 Å². The molecule has 0 radical (unpaired) electrons. The Morgan fingerprint density at radius 1 is 1.16 bits per heavy atom. The van der Waals surface area contributed by atoms with Crippen LogP contribution < -0.4 is 5.32 Å². The van der Waals surface area contributed by atoms with Crippen LogP contribution in [0.5, 0.6) is 0 Å². The molecule has 136 valence electrons. The van der Waals surface area contributed by atoms with Gasteiger partial charge in [0.25, 0.3) is 0 Å². The molecule has 9 heteroatoms. The van der Waals surface area contributed by atoms with Crippen molar-refractivity contribution in [2.24, 2.45) is 0 Å². The van der Waals surface area contributed by atoms with Gasteiger partial charge >= 0.3 is 0 Å². The zero-order valence-corrected chi connectivity index (χ0v) is 15.2. The van der Waals surface area contributed by atoms with Gasteiger partial charge in [-0.1, -0.05) is 23.7 Å². The first-order chi connectivity index (χ1) is 11.9. The summed E-state index contributed by atoms with van der Waals surface area (Å²) in [6.07, 6.45) is 1.39. The lowest BCUT2D eigenvalue weighted by Gasteiger charge is -2.24. The summed E-state index contributed by atoms with van der Waals surface area (Å²) in [6.45, 7) is 1.31. The molecule has 0 aliphatic carbocycles. The zero-order chi connectivity index (χ0) is 18.0. The molecule has 2 heterocycles. The van der Waals surface area contributed by atoms with Crippen LogP contribution in [0.3, 0.4) is 0 Å². The molecule has 2 aliphatic heterocycles. The highest BCUT2D eigenvalue weighted by Gasteiger charge is 2.34. The van der Waals surface area contributed by atoms with Gasteiger partial charge in [0.05, 0.1) is 5.02 Å². The molecule has 1 N–H and O–H groups in total. The minimum Gasteiger partial charge on any atom is -0.344 e. The minimum atomic E-state index is -3.70. The van der Waals surface area contributed by atoms with Crippen molar-refractivity contribution in [2.75, 3.05) is 26.2 Å². The quantitative estimate of drug-likeness (QED) is 0.835. The molecule has 2 amide bonds. The summed E-state index contributed by atoms with van der Waals surface area (Å²) in [7, 11) is -3.70. The molecular formula is C16H20ClN3O4S. The Morgan fingerprint density at radius 3 is 2.60 bits per heavy atom. The molecule has 1 atom stereocenters. The number of halogens is 1. The van der Waals surface area contributed by atoms with Crippen molar-refractivity contribution in [1.29, 1.82) is 0 Å². The fraction of sp³-hybridized carbons (Fsp3) is 0.500. The number of nitrogens with zero attached hydrogens (tertiary/aromatic N) is 2. The maximum Gasteiger partial charge on any atom is 0.245 e. The Morgan fingerprint density at radius 2 is 1.92 bits per heavy atom. The van der Waals surface area contributed by atoms with Crippen LogP contribution in [0.1, 0.15) is 19.3 Å². The second-order valence-corrected chi connectivity index (χ2v) is 8.49. The van der Waals surface area contributed by atoms with Crippen LogP contribution in [-0.2, 0) is 19.6 Å². The molecule has 0 aromatic heterocycles. The minimum absolute atomic E-state index is 0.0829. The van der Waals surface area contributed by atoms with Crippen molar-refractivity contribution in [3.8, 4) is 0 Å². The van der Waals surface area contributed by atoms with Gasteiger partial charge in [0.15, 0.2) is 0 Å². The fourth-order valence-corrected chi connectivity index (χ4v) is 5.13. The molecule has 2 fully saturated rings. The summed E-state index contributed by atoms with van der Waals surface area (Å²) in [5.41, 5.74) is 0. The number of rotatable bonds is 3. The number of nitrogens with one attached hydrogen (secondary N) is 1. The molecule has 3 rings (SSSR count). The molecule has 1 aromatic rings. The number of carbonyl (C=O) groups excluding carboxylic acids is 2. The number of sulfonamides is 1. The standard InChI is InChI=1S/C16H20ClN3O4S/c17-12-4-1-2-5-14(12)25(23,24)20-9-3-8-19(10-11-20)16(22)13-6-7-15(21)18-13/h1-2,4-5,13H,3,6-11H2,(H,18,21). The molecule has 7 nitrogen and oxygen atoms in total. The average molecular weight is 386 g/mol. The van der Waals surface area contributed by atoms with Crippen LogP contribution in [0, 0.1) is 0 Å². The molecule has 1 unspecified atom stereocenters. The number of hydrogen-bond acceptors (Lipinski definition) is 4. The Bertz CT molecular complexity index is 783. The van der Waals surface area contributed by atoms with Crippen molar-refractivity contribution >= 4 is 33.4 Å². The topological polar surface area (TPSA) is 86.8 Å². The van der Waals surface area contributed by atoms with E-state index in [1.807, 2.05) is 0 Å². The predicted octanol–water partition coefficient (Wildman–Crippen LogP) is 0.842. The lowest BCUT2D eigenvalue weighted by Crippen LogP contribution is -2.46. The summed E-state index contributed by atoms with van der Waals surface area (Å²) < 4.78 is 27.0. The first-order valence-corrected chi connectivity index (χ1v) is 10.0. The maximum atomic E-state index is 12.8. The third-order valence-electron chi connectivity index (χ3n) is 4.51. The number of carbonyl (C=O) groups is 2. The summed E-state index contributed by atoms with van der Waals surface area (Å²) >= 11 is 6.04. The maximum absolute atomic E-state index is 12.8. The number of hydrogen-bond donors (Lipinski definition) is 1. The summed E-state index contributed by atoms with van der Waals surface area (Å²) in [5, 5.41) is 2.85. The Labute approximate surface area is 152 Å². The Kier molecular flexibility index (Phi) is 5.31. The molecule has 0 saturated carbocycles. The van der Waals surface area contributed by atoms with Crippen molar-refractivity contribution in [2.45, 2.75) is 30.2 Å². The van der Waals surface area contributed by atoms with Gasteiger partial charge in [0, 0.05) is 32.6 Å². The van der Waals surface area contributed by atoms with Crippen LogP contribution in [0.15, 0.2) is 29.2 Å². The highest BCUT2D eigenvalue weighted by Crippen LogP contribution is 2.25. The number of benzene rings is 1. The van der Waals surface area contributed by atoms with Crippen molar-refractivity contribution < 1.29 is 18.0 Å². The van der Waals surface area contributed by atoms with E-state index in [9.17, 15) is 18.0 Å². The van der Waals surface area contributed by atoms with E-state index in [-0.39, 0.29) is 28.3 Å². The summed E-state index contributed by atoms with van der Waals surface area (Å²) in [5.74, 6) is -0.251. The largest absolute Gasteiger partial charge is 0.344 e. The SMILES string of the molecule is O=C1CCC(C(=O)N2CCCN(S(=O)(=O)c3ccccc3Cl)CC2)N1. The van der Waals surface area contributed by atoms with E-state index in [1.165, 1.54) is 10.4 Å². The average Bonchev–Trinajstić information content (AvgIpc) is 2.86. The van der Waals surface area contributed by atoms with Gasteiger partial charge in [-0.05, 0) is 25.0 Å². The lowest BCUT2D eigenvalue weighted by molar-refractivity contribution is -0.134. The first kappa shape index (κ1) is 18.2. The molecular weight excluding hydrogens is 366 g/mol. The van der Waals surface area contributed by atoms with Gasteiger partial charge in [-0.25, -0.2) is 8.42 Å². The van der Waals surface area contributed by atoms with Crippen LogP contribution in [0.4, 0.5) is 0 Å². The highest BCUT2D eigenvalue weighted by atomic mass is 35.5. The zero-order valence-electron chi connectivity index (χ0n) is 13.7. The fourth-order valence-electron chi connectivity index (χ4n) is 3.17. The van der Waals surface area contributed by atoms with E-state index in [4.69, 9.17) is 11.6 Å². The van der Waals surface area contributed by atoms with Crippen molar-refractivity contribution in [3.05, 3.63) is 29.3 Å². The van der Waals surface area contributed by atoms with Crippen LogP contribution in [-0.4, -0.2) is 61.7 Å². The predicted molar refractivity (Wildman–Crippen MR) is 92.6 cm³/mol. The van der Waals surface area contributed by atoms with Gasteiger partial charge in [0.1, 0.15) is 10.9 Å². The molecule has 1 aromatic carbocycles. The van der Waals surface area contributed by atoms with E-state index in [2.05, 4.69) is 5.32 Å². The molecule has 2 saturated heterocycles. The first-order valence-electron chi connectivity index (χ1n) is 8.22. The van der Waals surface area contributed by atoms with Crippen LogP contribution in [0.2, 0.25) is 5.02 Å². The van der Waals surface area contributed by atoms with E-state index in [0.29, 0.717) is 38.9 Å². The van der Waals surface area contributed by atoms with Gasteiger partial charge in [0.2, 0.25) is 21.8 Å².